The zero-order valence-corrected chi connectivity index (χ0v) is 20.5. The lowest BCUT2D eigenvalue weighted by Crippen LogP contribution is -2.53. The van der Waals surface area contributed by atoms with Gasteiger partial charge in [0.1, 0.15) is 11.9 Å². The predicted molar refractivity (Wildman–Crippen MR) is 132 cm³/mol. The summed E-state index contributed by atoms with van der Waals surface area (Å²) in [5.41, 5.74) is 4.55. The van der Waals surface area contributed by atoms with Gasteiger partial charge in [0, 0.05) is 19.2 Å². The monoisotopic (exact) mass is 464 g/mol. The summed E-state index contributed by atoms with van der Waals surface area (Å²) in [5, 5.41) is 3.25. The van der Waals surface area contributed by atoms with Crippen molar-refractivity contribution in [3.05, 3.63) is 53.6 Å². The average molecular weight is 465 g/mol. The van der Waals surface area contributed by atoms with Gasteiger partial charge in [-0.1, -0.05) is 50.2 Å². The molecule has 1 amide bonds. The predicted octanol–water partition coefficient (Wildman–Crippen LogP) is 5.17. The smallest absolute Gasteiger partial charge is 0.407 e. The number of amides is 1. The van der Waals surface area contributed by atoms with Crippen LogP contribution in [0.1, 0.15) is 50.3 Å². The van der Waals surface area contributed by atoms with E-state index >= 15 is 0 Å². The van der Waals surface area contributed by atoms with Crippen LogP contribution in [-0.2, 0) is 15.9 Å². The number of aryl methyl sites for hydroxylation is 1. The van der Waals surface area contributed by atoms with Crippen molar-refractivity contribution in [2.45, 2.75) is 51.7 Å². The molecule has 6 heteroatoms. The summed E-state index contributed by atoms with van der Waals surface area (Å²) in [6.45, 7) is 7.82. The van der Waals surface area contributed by atoms with Crippen molar-refractivity contribution in [1.29, 1.82) is 0 Å². The number of ether oxygens (including phenoxy) is 3. The van der Waals surface area contributed by atoms with Crippen molar-refractivity contribution in [1.82, 2.24) is 10.2 Å². The second-order valence-electron chi connectivity index (χ2n) is 10.6. The summed E-state index contributed by atoms with van der Waals surface area (Å²) >= 11 is 0. The van der Waals surface area contributed by atoms with Gasteiger partial charge >= 0.3 is 6.09 Å². The minimum absolute atomic E-state index is 0.0136. The topological polar surface area (TPSA) is 60.0 Å². The number of hydrogen-bond acceptors (Lipinski definition) is 5. The molecule has 3 saturated heterocycles. The number of carbonyl (C=O) groups is 1. The second kappa shape index (κ2) is 9.59. The van der Waals surface area contributed by atoms with Crippen LogP contribution in [0.4, 0.5) is 4.79 Å². The normalized spacial score (nSPS) is 27.0. The van der Waals surface area contributed by atoms with Crippen LogP contribution >= 0.6 is 0 Å². The number of benzene rings is 2. The molecule has 2 aromatic rings. The van der Waals surface area contributed by atoms with Crippen LogP contribution < -0.4 is 10.1 Å². The third-order valence-electron chi connectivity index (χ3n) is 7.92. The fraction of sp³-hybridized carbons (Fsp3) is 0.536. The van der Waals surface area contributed by atoms with Gasteiger partial charge in [-0.15, -0.1) is 0 Å². The number of rotatable bonds is 6. The zero-order valence-electron chi connectivity index (χ0n) is 20.5. The van der Waals surface area contributed by atoms with E-state index in [9.17, 15) is 4.79 Å². The highest BCUT2D eigenvalue weighted by Gasteiger charge is 2.40. The van der Waals surface area contributed by atoms with E-state index in [1.165, 1.54) is 11.1 Å². The number of alkyl carbamates (subject to hydrolysis) is 1. The quantitative estimate of drug-likeness (QED) is 0.598. The summed E-state index contributed by atoms with van der Waals surface area (Å²) < 4.78 is 16.8. The molecule has 2 atom stereocenters. The molecule has 0 radical (unpaired) electrons. The molecule has 6 nitrogen and oxygen atoms in total. The minimum Gasteiger partial charge on any atom is -0.467 e. The highest BCUT2D eigenvalue weighted by molar-refractivity contribution is 5.72. The highest BCUT2D eigenvalue weighted by atomic mass is 16.7. The van der Waals surface area contributed by atoms with Crippen LogP contribution in [0.15, 0.2) is 42.5 Å². The van der Waals surface area contributed by atoms with Gasteiger partial charge in [0.05, 0.1) is 6.04 Å². The standard InChI is InChI=1S/C28H36N2O4/c1-28(2)13-10-21-16-20(22-6-4-5-7-24(22)33-18-32-3)8-9-23(21)26(28)29-27(31)34-25-17-30-14-11-19(25)12-15-30/h4-9,16,19,25-26H,10-15,17-18H2,1-3H3,(H,29,31)/t25-,26?/m1/s1. The number of nitrogens with one attached hydrogen (secondary N) is 1. The second-order valence-corrected chi connectivity index (χ2v) is 10.6. The largest absolute Gasteiger partial charge is 0.467 e. The maximum atomic E-state index is 13.0. The van der Waals surface area contributed by atoms with Gasteiger partial charge in [0.2, 0.25) is 0 Å². The summed E-state index contributed by atoms with van der Waals surface area (Å²) in [5.74, 6) is 1.31. The molecule has 3 aliphatic heterocycles. The number of fused-ring (bicyclic) bond motifs is 4. The average Bonchev–Trinajstić information content (AvgIpc) is 2.85. The number of para-hydroxylation sites is 1. The van der Waals surface area contributed by atoms with Crippen LogP contribution in [0.5, 0.6) is 5.75 Å². The summed E-state index contributed by atoms with van der Waals surface area (Å²) in [6, 6.07) is 14.5. The molecule has 0 spiro atoms. The Hall–Kier alpha value is -2.57. The molecule has 6 rings (SSSR count). The fourth-order valence-corrected chi connectivity index (χ4v) is 5.85. The van der Waals surface area contributed by atoms with E-state index in [2.05, 4.69) is 48.3 Å². The molecule has 3 heterocycles. The molecule has 3 fully saturated rings. The number of nitrogens with zero attached hydrogens (tertiary/aromatic N) is 1. The van der Waals surface area contributed by atoms with Crippen molar-refractivity contribution < 1.29 is 19.0 Å². The molecule has 1 N–H and O–H groups in total. The van der Waals surface area contributed by atoms with Crippen molar-refractivity contribution in [2.75, 3.05) is 33.5 Å². The van der Waals surface area contributed by atoms with Gasteiger partial charge in [-0.3, -0.25) is 4.90 Å². The Morgan fingerprint density at radius 3 is 2.68 bits per heavy atom. The maximum Gasteiger partial charge on any atom is 0.407 e. The maximum absolute atomic E-state index is 13.0. The number of methoxy groups -OCH3 is 1. The van der Waals surface area contributed by atoms with Crippen LogP contribution in [-0.4, -0.2) is 50.6 Å². The Morgan fingerprint density at radius 1 is 1.15 bits per heavy atom. The first kappa shape index (κ1) is 23.2. The molecule has 1 unspecified atom stereocenters. The molecular weight excluding hydrogens is 428 g/mol. The van der Waals surface area contributed by atoms with Crippen molar-refractivity contribution in [2.24, 2.45) is 11.3 Å². The lowest BCUT2D eigenvalue weighted by molar-refractivity contribution is -0.0353. The number of piperidine rings is 3. The fourth-order valence-electron chi connectivity index (χ4n) is 5.85. The van der Waals surface area contributed by atoms with E-state index in [4.69, 9.17) is 14.2 Å². The Labute approximate surface area is 202 Å². The van der Waals surface area contributed by atoms with Crippen LogP contribution in [0.25, 0.3) is 11.1 Å². The molecule has 1 aliphatic carbocycles. The van der Waals surface area contributed by atoms with E-state index in [0.717, 1.165) is 62.2 Å². The summed E-state index contributed by atoms with van der Waals surface area (Å²) in [4.78, 5) is 15.4. The van der Waals surface area contributed by atoms with Crippen molar-refractivity contribution >= 4 is 6.09 Å². The van der Waals surface area contributed by atoms with Gasteiger partial charge in [-0.25, -0.2) is 4.79 Å². The molecule has 2 bridgehead atoms. The van der Waals surface area contributed by atoms with Gasteiger partial charge in [-0.2, -0.15) is 0 Å². The van der Waals surface area contributed by atoms with E-state index in [1.54, 1.807) is 7.11 Å². The Morgan fingerprint density at radius 2 is 1.94 bits per heavy atom. The van der Waals surface area contributed by atoms with Gasteiger partial charge in [-0.05, 0) is 72.9 Å². The van der Waals surface area contributed by atoms with Crippen molar-refractivity contribution in [3.8, 4) is 16.9 Å². The Balaban J connectivity index is 1.35. The van der Waals surface area contributed by atoms with Crippen LogP contribution in [0.3, 0.4) is 0 Å². The van der Waals surface area contributed by atoms with Crippen LogP contribution in [0.2, 0.25) is 0 Å². The molecule has 0 saturated carbocycles. The zero-order chi connectivity index (χ0) is 23.7. The first-order valence-corrected chi connectivity index (χ1v) is 12.5. The molecule has 0 aromatic heterocycles. The molecule has 34 heavy (non-hydrogen) atoms. The third-order valence-corrected chi connectivity index (χ3v) is 7.92. The van der Waals surface area contributed by atoms with E-state index < -0.39 is 0 Å². The van der Waals surface area contributed by atoms with Gasteiger partial charge in [0.25, 0.3) is 0 Å². The molecule has 182 valence electrons. The van der Waals surface area contributed by atoms with E-state index in [-0.39, 0.29) is 30.4 Å². The summed E-state index contributed by atoms with van der Waals surface area (Å²) in [6.07, 6.45) is 3.97. The molecule has 2 aromatic carbocycles. The Bertz CT molecular complexity index is 1030. The Kier molecular flexibility index (Phi) is 6.54. The van der Waals surface area contributed by atoms with E-state index in [0.29, 0.717) is 5.92 Å². The number of carbonyl (C=O) groups excluding carboxylic acids is 1. The van der Waals surface area contributed by atoms with Gasteiger partial charge < -0.3 is 19.5 Å². The number of hydrogen-bond donors (Lipinski definition) is 1. The lowest BCUT2D eigenvalue weighted by Gasteiger charge is -2.44. The first-order chi connectivity index (χ1) is 16.4. The van der Waals surface area contributed by atoms with Crippen molar-refractivity contribution in [3.63, 3.8) is 0 Å². The first-order valence-electron chi connectivity index (χ1n) is 12.5. The van der Waals surface area contributed by atoms with Crippen LogP contribution in [0, 0.1) is 11.3 Å². The minimum atomic E-state index is -0.285. The third kappa shape index (κ3) is 4.66. The van der Waals surface area contributed by atoms with Gasteiger partial charge in [0.15, 0.2) is 6.79 Å². The highest BCUT2D eigenvalue weighted by Crippen LogP contribution is 2.45. The SMILES string of the molecule is COCOc1ccccc1-c1ccc2c(c1)CCC(C)(C)C2NC(=O)O[C@@H]1CN2CCC1CC2. The summed E-state index contributed by atoms with van der Waals surface area (Å²) in [7, 11) is 1.62. The lowest BCUT2D eigenvalue weighted by atomic mass is 9.70. The molecular formula is C28H36N2O4. The molecule has 4 aliphatic rings. The van der Waals surface area contributed by atoms with E-state index in [1.807, 2.05) is 18.2 Å².